The predicted molar refractivity (Wildman–Crippen MR) is 74.5 cm³/mol. The van der Waals surface area contributed by atoms with Crippen LogP contribution in [0.3, 0.4) is 0 Å². The van der Waals surface area contributed by atoms with Crippen LogP contribution < -0.4 is 10.6 Å². The summed E-state index contributed by atoms with van der Waals surface area (Å²) in [7, 11) is 0. The molecule has 1 heterocycles. The summed E-state index contributed by atoms with van der Waals surface area (Å²) in [5.41, 5.74) is -0.189. The molecule has 1 aliphatic rings. The van der Waals surface area contributed by atoms with E-state index in [2.05, 4.69) is 29.5 Å². The zero-order valence-electron chi connectivity index (χ0n) is 11.3. The van der Waals surface area contributed by atoms with E-state index in [4.69, 9.17) is 0 Å². The smallest absolute Gasteiger partial charge is 0.242 e. The normalized spacial score (nSPS) is 27.7. The minimum absolute atomic E-state index is 0.0294. The zero-order chi connectivity index (χ0) is 13.1. The van der Waals surface area contributed by atoms with Gasteiger partial charge >= 0.3 is 0 Å². The lowest BCUT2D eigenvalue weighted by molar-refractivity contribution is -0.121. The van der Waals surface area contributed by atoms with Gasteiger partial charge in [-0.05, 0) is 34.1 Å². The fourth-order valence-corrected chi connectivity index (χ4v) is 2.90. The molecular formula is C12H23N3OS. The van der Waals surface area contributed by atoms with Gasteiger partial charge in [0.1, 0.15) is 6.54 Å². The molecule has 1 saturated heterocycles. The Morgan fingerprint density at radius 3 is 2.71 bits per heavy atom. The molecule has 0 saturated carbocycles. The third-order valence-corrected chi connectivity index (χ3v) is 3.31. The highest BCUT2D eigenvalue weighted by molar-refractivity contribution is 8.14. The lowest BCUT2D eigenvalue weighted by Gasteiger charge is -2.27. The van der Waals surface area contributed by atoms with Gasteiger partial charge in [0.15, 0.2) is 5.17 Å². The maximum atomic E-state index is 11.6. The summed E-state index contributed by atoms with van der Waals surface area (Å²) in [5, 5.41) is 7.65. The van der Waals surface area contributed by atoms with Gasteiger partial charge in [-0.3, -0.25) is 9.79 Å². The van der Waals surface area contributed by atoms with Gasteiger partial charge in [0.2, 0.25) is 5.91 Å². The van der Waals surface area contributed by atoms with Gasteiger partial charge in [0, 0.05) is 16.8 Å². The first-order chi connectivity index (χ1) is 7.76. The predicted octanol–water partition coefficient (Wildman–Crippen LogP) is 1.76. The van der Waals surface area contributed by atoms with Crippen LogP contribution in [0.1, 0.15) is 41.0 Å². The quantitative estimate of drug-likeness (QED) is 0.792. The number of hydrogen-bond acceptors (Lipinski definition) is 3. The standard InChI is InChI=1S/C12H23N3OS/c1-8-6-9(2)17-11(14-8)13-7-10(16)15-12(3,4)5/h8-9H,6-7H2,1-5H3,(H,13,14)(H,15,16). The van der Waals surface area contributed by atoms with Crippen LogP contribution in [0, 0.1) is 0 Å². The highest BCUT2D eigenvalue weighted by Crippen LogP contribution is 2.21. The van der Waals surface area contributed by atoms with Crippen LogP contribution in [-0.2, 0) is 4.79 Å². The first-order valence-corrected chi connectivity index (χ1v) is 6.93. The van der Waals surface area contributed by atoms with E-state index < -0.39 is 0 Å². The van der Waals surface area contributed by atoms with Gasteiger partial charge in [0.05, 0.1) is 0 Å². The Kier molecular flexibility index (Phi) is 4.86. The van der Waals surface area contributed by atoms with Crippen molar-refractivity contribution in [1.82, 2.24) is 10.6 Å². The summed E-state index contributed by atoms with van der Waals surface area (Å²) in [5.74, 6) is -0.0294. The number of hydrogen-bond donors (Lipinski definition) is 2. The SMILES string of the molecule is CC1CC(C)SC(=NCC(=O)NC(C)(C)C)N1. The number of amides is 1. The van der Waals surface area contributed by atoms with Gasteiger partial charge in [-0.2, -0.15) is 0 Å². The molecule has 2 unspecified atom stereocenters. The van der Waals surface area contributed by atoms with Crippen molar-refractivity contribution in [2.45, 2.75) is 57.9 Å². The molecule has 2 N–H and O–H groups in total. The molecule has 1 rings (SSSR count). The second-order valence-electron chi connectivity index (χ2n) is 5.63. The van der Waals surface area contributed by atoms with E-state index in [-0.39, 0.29) is 18.0 Å². The van der Waals surface area contributed by atoms with Crippen molar-refractivity contribution in [3.05, 3.63) is 0 Å². The van der Waals surface area contributed by atoms with E-state index >= 15 is 0 Å². The molecule has 1 amide bonds. The highest BCUT2D eigenvalue weighted by atomic mass is 32.2. The molecule has 0 aromatic rings. The average molecular weight is 257 g/mol. The molecule has 17 heavy (non-hydrogen) atoms. The molecule has 98 valence electrons. The summed E-state index contributed by atoms with van der Waals surface area (Å²) in [6.07, 6.45) is 1.14. The maximum Gasteiger partial charge on any atom is 0.242 e. The summed E-state index contributed by atoms with van der Waals surface area (Å²) in [6.45, 7) is 10.4. The van der Waals surface area contributed by atoms with Crippen molar-refractivity contribution in [2.75, 3.05) is 6.54 Å². The van der Waals surface area contributed by atoms with Gasteiger partial charge in [0.25, 0.3) is 0 Å². The lowest BCUT2D eigenvalue weighted by Crippen LogP contribution is -2.43. The molecular weight excluding hydrogens is 234 g/mol. The average Bonchev–Trinajstić information content (AvgIpc) is 2.10. The summed E-state index contributed by atoms with van der Waals surface area (Å²) >= 11 is 1.71. The Labute approximate surface area is 108 Å². The fourth-order valence-electron chi connectivity index (χ4n) is 1.72. The first kappa shape index (κ1) is 14.4. The summed E-state index contributed by atoms with van der Waals surface area (Å²) < 4.78 is 0. The van der Waals surface area contributed by atoms with Gasteiger partial charge in [-0.25, -0.2) is 0 Å². The minimum Gasteiger partial charge on any atom is -0.362 e. The number of carbonyl (C=O) groups is 1. The van der Waals surface area contributed by atoms with Crippen molar-refractivity contribution in [3.8, 4) is 0 Å². The molecule has 0 radical (unpaired) electrons. The van der Waals surface area contributed by atoms with E-state index in [1.54, 1.807) is 11.8 Å². The second-order valence-corrected chi connectivity index (χ2v) is 7.06. The van der Waals surface area contributed by atoms with Crippen molar-refractivity contribution in [3.63, 3.8) is 0 Å². The van der Waals surface area contributed by atoms with Crippen LogP contribution in [0.2, 0.25) is 0 Å². The molecule has 0 aromatic heterocycles. The van der Waals surface area contributed by atoms with E-state index in [1.165, 1.54) is 0 Å². The van der Waals surface area contributed by atoms with Crippen LogP contribution in [-0.4, -0.2) is 34.5 Å². The zero-order valence-corrected chi connectivity index (χ0v) is 12.1. The summed E-state index contributed by atoms with van der Waals surface area (Å²) in [6, 6.07) is 0.440. The minimum atomic E-state index is -0.189. The van der Waals surface area contributed by atoms with E-state index in [1.807, 2.05) is 20.8 Å². The molecule has 0 aromatic carbocycles. The number of nitrogens with zero attached hydrogens (tertiary/aromatic N) is 1. The Hall–Kier alpha value is -0.710. The number of rotatable bonds is 2. The Bertz CT molecular complexity index is 297. The first-order valence-electron chi connectivity index (χ1n) is 6.05. The molecule has 1 aliphatic heterocycles. The third kappa shape index (κ3) is 5.96. The Morgan fingerprint density at radius 1 is 1.53 bits per heavy atom. The van der Waals surface area contributed by atoms with Gasteiger partial charge < -0.3 is 10.6 Å². The van der Waals surface area contributed by atoms with E-state index in [0.717, 1.165) is 11.6 Å². The van der Waals surface area contributed by atoms with Crippen LogP contribution in [0.5, 0.6) is 0 Å². The van der Waals surface area contributed by atoms with Crippen molar-refractivity contribution in [1.29, 1.82) is 0 Å². The Balaban J connectivity index is 2.45. The van der Waals surface area contributed by atoms with Crippen molar-refractivity contribution >= 4 is 22.8 Å². The molecule has 0 spiro atoms. The largest absolute Gasteiger partial charge is 0.362 e. The maximum absolute atomic E-state index is 11.6. The monoisotopic (exact) mass is 257 g/mol. The number of amidine groups is 1. The van der Waals surface area contributed by atoms with Crippen molar-refractivity contribution < 1.29 is 4.79 Å². The van der Waals surface area contributed by atoms with Crippen LogP contribution in [0.4, 0.5) is 0 Å². The van der Waals surface area contributed by atoms with Crippen LogP contribution >= 0.6 is 11.8 Å². The van der Waals surface area contributed by atoms with Gasteiger partial charge in [-0.1, -0.05) is 18.7 Å². The molecule has 4 nitrogen and oxygen atoms in total. The topological polar surface area (TPSA) is 53.5 Å². The molecule has 0 aliphatic carbocycles. The fraction of sp³-hybridized carbons (Fsp3) is 0.833. The number of thioether (sulfide) groups is 1. The Morgan fingerprint density at radius 2 is 2.18 bits per heavy atom. The molecule has 0 bridgehead atoms. The van der Waals surface area contributed by atoms with Gasteiger partial charge in [-0.15, -0.1) is 0 Å². The van der Waals surface area contributed by atoms with Crippen molar-refractivity contribution in [2.24, 2.45) is 4.99 Å². The molecule has 2 atom stereocenters. The van der Waals surface area contributed by atoms with Crippen LogP contribution in [0.25, 0.3) is 0 Å². The van der Waals surface area contributed by atoms with E-state index in [0.29, 0.717) is 11.3 Å². The summed E-state index contributed by atoms with van der Waals surface area (Å²) in [4.78, 5) is 15.9. The van der Waals surface area contributed by atoms with E-state index in [9.17, 15) is 4.79 Å². The highest BCUT2D eigenvalue weighted by Gasteiger charge is 2.20. The number of aliphatic imine (C=N–C) groups is 1. The number of nitrogens with one attached hydrogen (secondary N) is 2. The molecule has 1 fully saturated rings. The third-order valence-electron chi connectivity index (χ3n) is 2.25. The lowest BCUT2D eigenvalue weighted by atomic mass is 10.1. The number of carbonyl (C=O) groups excluding carboxylic acids is 1. The second kappa shape index (κ2) is 5.76. The molecule has 5 heteroatoms. The van der Waals surface area contributed by atoms with Crippen LogP contribution in [0.15, 0.2) is 4.99 Å².